The van der Waals surface area contributed by atoms with Crippen LogP contribution in [0.25, 0.3) is 11.0 Å². The molecule has 4 heteroatoms. The Labute approximate surface area is 128 Å². The molecule has 2 aromatic carbocycles. The van der Waals surface area contributed by atoms with Gasteiger partial charge in [0.25, 0.3) is 0 Å². The molecule has 1 aromatic heterocycles. The number of anilines is 1. The van der Waals surface area contributed by atoms with Gasteiger partial charge in [0.2, 0.25) is 0 Å². The highest BCUT2D eigenvalue weighted by Crippen LogP contribution is 2.26. The monoisotopic (exact) mass is 293 g/mol. The molecule has 0 saturated carbocycles. The van der Waals surface area contributed by atoms with Gasteiger partial charge < -0.3 is 4.90 Å². The number of halogens is 1. The average molecular weight is 293 g/mol. The third-order valence-electron chi connectivity index (χ3n) is 4.20. The van der Waals surface area contributed by atoms with Crippen LogP contribution in [0.5, 0.6) is 0 Å². The zero-order valence-electron chi connectivity index (χ0n) is 12.4. The number of hydrogen-bond acceptors (Lipinski definition) is 3. The normalized spacial score (nSPS) is 14.2. The fourth-order valence-corrected chi connectivity index (χ4v) is 3.08. The van der Waals surface area contributed by atoms with E-state index in [0.29, 0.717) is 0 Å². The van der Waals surface area contributed by atoms with Crippen molar-refractivity contribution in [2.24, 2.45) is 0 Å². The van der Waals surface area contributed by atoms with Crippen molar-refractivity contribution in [2.45, 2.75) is 19.9 Å². The lowest BCUT2D eigenvalue weighted by molar-refractivity contribution is 0.618. The first-order valence-electron chi connectivity index (χ1n) is 7.46. The second-order valence-corrected chi connectivity index (χ2v) is 5.71. The molecule has 0 amide bonds. The van der Waals surface area contributed by atoms with Gasteiger partial charge in [-0.2, -0.15) is 0 Å². The fourth-order valence-electron chi connectivity index (χ4n) is 3.08. The van der Waals surface area contributed by atoms with Crippen molar-refractivity contribution in [3.63, 3.8) is 0 Å². The summed E-state index contributed by atoms with van der Waals surface area (Å²) in [6.07, 6.45) is 0.834. The van der Waals surface area contributed by atoms with Gasteiger partial charge in [0, 0.05) is 13.1 Å². The molecule has 4 rings (SSSR count). The summed E-state index contributed by atoms with van der Waals surface area (Å²) in [5, 5.41) is 0. The minimum Gasteiger partial charge on any atom is -0.350 e. The number of fused-ring (bicyclic) bond motifs is 2. The van der Waals surface area contributed by atoms with E-state index in [1.54, 1.807) is 6.07 Å². The number of rotatable bonds is 1. The van der Waals surface area contributed by atoms with E-state index in [2.05, 4.69) is 9.88 Å². The van der Waals surface area contributed by atoms with E-state index >= 15 is 0 Å². The van der Waals surface area contributed by atoms with Crippen LogP contribution in [0, 0.1) is 12.7 Å². The molecule has 2 heterocycles. The zero-order valence-corrected chi connectivity index (χ0v) is 12.4. The van der Waals surface area contributed by atoms with Crippen LogP contribution < -0.4 is 4.90 Å². The number of nitrogens with zero attached hydrogens (tertiary/aromatic N) is 3. The van der Waals surface area contributed by atoms with E-state index in [0.717, 1.165) is 47.6 Å². The van der Waals surface area contributed by atoms with Crippen LogP contribution in [0.1, 0.15) is 16.8 Å². The topological polar surface area (TPSA) is 29.0 Å². The number of para-hydroxylation sites is 2. The summed E-state index contributed by atoms with van der Waals surface area (Å²) in [7, 11) is 0. The first kappa shape index (κ1) is 13.2. The summed E-state index contributed by atoms with van der Waals surface area (Å²) in [6, 6.07) is 13.0. The molecule has 1 aliphatic heterocycles. The van der Waals surface area contributed by atoms with Gasteiger partial charge in [-0.1, -0.05) is 18.2 Å². The molecule has 22 heavy (non-hydrogen) atoms. The van der Waals surface area contributed by atoms with Crippen molar-refractivity contribution in [3.8, 4) is 0 Å². The van der Waals surface area contributed by atoms with E-state index in [1.165, 1.54) is 11.6 Å². The first-order chi connectivity index (χ1) is 10.7. The highest BCUT2D eigenvalue weighted by atomic mass is 19.1. The van der Waals surface area contributed by atoms with Crippen LogP contribution in [0.15, 0.2) is 42.5 Å². The van der Waals surface area contributed by atoms with E-state index in [4.69, 9.17) is 4.98 Å². The molecule has 110 valence electrons. The Bertz CT molecular complexity index is 860. The Morgan fingerprint density at radius 2 is 1.77 bits per heavy atom. The molecular weight excluding hydrogens is 277 g/mol. The van der Waals surface area contributed by atoms with Crippen molar-refractivity contribution in [1.29, 1.82) is 0 Å². The highest BCUT2D eigenvalue weighted by molar-refractivity contribution is 5.76. The van der Waals surface area contributed by atoms with E-state index in [-0.39, 0.29) is 5.82 Å². The molecular formula is C18H16FN3. The zero-order chi connectivity index (χ0) is 15.1. The lowest BCUT2D eigenvalue weighted by Crippen LogP contribution is -2.31. The summed E-state index contributed by atoms with van der Waals surface area (Å²) >= 11 is 0. The number of aromatic nitrogens is 2. The third-order valence-corrected chi connectivity index (χ3v) is 4.20. The smallest absolute Gasteiger partial charge is 0.151 e. The van der Waals surface area contributed by atoms with Gasteiger partial charge in [0.15, 0.2) is 5.82 Å². The van der Waals surface area contributed by atoms with Crippen LogP contribution in [0.2, 0.25) is 0 Å². The molecule has 0 saturated heterocycles. The van der Waals surface area contributed by atoms with E-state index in [1.807, 2.05) is 37.3 Å². The molecule has 0 unspecified atom stereocenters. The number of benzene rings is 2. The maximum Gasteiger partial charge on any atom is 0.151 e. The minimum atomic E-state index is -0.158. The lowest BCUT2D eigenvalue weighted by Gasteiger charge is -2.30. The van der Waals surface area contributed by atoms with Gasteiger partial charge in [-0.3, -0.25) is 0 Å². The Morgan fingerprint density at radius 3 is 2.59 bits per heavy atom. The Kier molecular flexibility index (Phi) is 3.03. The van der Waals surface area contributed by atoms with Crippen LogP contribution in [0.4, 0.5) is 10.2 Å². The standard InChI is InChI=1S/C18H16FN3/c1-12-18(21-17-5-3-2-4-16(17)20-12)22-9-8-13-10-15(19)7-6-14(13)11-22/h2-7,10H,8-9,11H2,1H3. The number of hydrogen-bond donors (Lipinski definition) is 0. The molecule has 3 nitrogen and oxygen atoms in total. The third kappa shape index (κ3) is 2.21. The van der Waals surface area contributed by atoms with Gasteiger partial charge in [-0.15, -0.1) is 0 Å². The molecule has 1 aliphatic rings. The summed E-state index contributed by atoms with van der Waals surface area (Å²) in [5.74, 6) is 0.766. The molecule has 0 spiro atoms. The predicted octanol–water partition coefficient (Wildman–Crippen LogP) is 3.64. The van der Waals surface area contributed by atoms with Crippen LogP contribution in [-0.4, -0.2) is 16.5 Å². The largest absolute Gasteiger partial charge is 0.350 e. The van der Waals surface area contributed by atoms with Gasteiger partial charge >= 0.3 is 0 Å². The van der Waals surface area contributed by atoms with Crippen molar-refractivity contribution >= 4 is 16.9 Å². The Balaban J connectivity index is 1.74. The van der Waals surface area contributed by atoms with Crippen LogP contribution >= 0.6 is 0 Å². The molecule has 0 bridgehead atoms. The minimum absolute atomic E-state index is 0.158. The van der Waals surface area contributed by atoms with Gasteiger partial charge in [-0.25, -0.2) is 14.4 Å². The van der Waals surface area contributed by atoms with Gasteiger partial charge in [0.05, 0.1) is 16.7 Å². The first-order valence-corrected chi connectivity index (χ1v) is 7.46. The highest BCUT2D eigenvalue weighted by Gasteiger charge is 2.20. The van der Waals surface area contributed by atoms with Gasteiger partial charge in [0.1, 0.15) is 5.82 Å². The summed E-state index contributed by atoms with van der Waals surface area (Å²) in [4.78, 5) is 11.7. The van der Waals surface area contributed by atoms with Gasteiger partial charge in [-0.05, 0) is 48.7 Å². The number of aryl methyl sites for hydroxylation is 1. The van der Waals surface area contributed by atoms with Crippen molar-refractivity contribution in [2.75, 3.05) is 11.4 Å². The fraction of sp³-hybridized carbons (Fsp3) is 0.222. The molecule has 0 N–H and O–H groups in total. The molecule has 0 atom stereocenters. The molecule has 0 aliphatic carbocycles. The maximum absolute atomic E-state index is 13.3. The molecule has 3 aromatic rings. The SMILES string of the molecule is Cc1nc2ccccc2nc1N1CCc2cc(F)ccc2C1. The predicted molar refractivity (Wildman–Crippen MR) is 85.4 cm³/mol. The van der Waals surface area contributed by atoms with Crippen molar-refractivity contribution in [3.05, 3.63) is 65.1 Å². The molecule has 0 fully saturated rings. The van der Waals surface area contributed by atoms with Crippen molar-refractivity contribution < 1.29 is 4.39 Å². The van der Waals surface area contributed by atoms with E-state index in [9.17, 15) is 4.39 Å². The van der Waals surface area contributed by atoms with E-state index < -0.39 is 0 Å². The summed E-state index contributed by atoms with van der Waals surface area (Å²) in [6.45, 7) is 3.59. The Hall–Kier alpha value is -2.49. The second kappa shape index (κ2) is 5.05. The van der Waals surface area contributed by atoms with Crippen LogP contribution in [0.3, 0.4) is 0 Å². The lowest BCUT2D eigenvalue weighted by atomic mass is 9.99. The molecule has 0 radical (unpaired) electrons. The average Bonchev–Trinajstić information content (AvgIpc) is 2.54. The maximum atomic E-state index is 13.3. The van der Waals surface area contributed by atoms with Crippen LogP contribution in [-0.2, 0) is 13.0 Å². The summed E-state index contributed by atoms with van der Waals surface area (Å²) < 4.78 is 13.3. The quantitative estimate of drug-likeness (QED) is 0.686. The van der Waals surface area contributed by atoms with Crippen molar-refractivity contribution in [1.82, 2.24) is 9.97 Å². The Morgan fingerprint density at radius 1 is 1.00 bits per heavy atom. The summed E-state index contributed by atoms with van der Waals surface area (Å²) in [5.41, 5.74) is 5.03. The second-order valence-electron chi connectivity index (χ2n) is 5.71.